The van der Waals surface area contributed by atoms with E-state index in [1.165, 1.54) is 0 Å². The van der Waals surface area contributed by atoms with Gasteiger partial charge in [0, 0.05) is 38.9 Å². The molecular formula is C23H31N5O2. The van der Waals surface area contributed by atoms with E-state index in [2.05, 4.69) is 22.1 Å². The van der Waals surface area contributed by atoms with Crippen molar-refractivity contribution in [1.29, 1.82) is 0 Å². The summed E-state index contributed by atoms with van der Waals surface area (Å²) in [6, 6.07) is 10.0. The zero-order chi connectivity index (χ0) is 21.2. The lowest BCUT2D eigenvalue weighted by Crippen LogP contribution is -2.38. The Hall–Kier alpha value is -2.93. The molecule has 0 bridgehead atoms. The Bertz CT molecular complexity index is 835. The van der Waals surface area contributed by atoms with Crippen LogP contribution in [-0.2, 0) is 11.3 Å². The molecule has 3 rings (SSSR count). The molecule has 1 fully saturated rings. The molecule has 1 aliphatic rings. The molecule has 30 heavy (non-hydrogen) atoms. The van der Waals surface area contributed by atoms with Gasteiger partial charge in [0.15, 0.2) is 0 Å². The number of hydrogen-bond donors (Lipinski definition) is 1. The Balaban J connectivity index is 1.87. The van der Waals surface area contributed by atoms with Crippen LogP contribution in [-0.4, -0.2) is 60.2 Å². The first-order chi connectivity index (χ1) is 14.7. The van der Waals surface area contributed by atoms with Crippen LogP contribution in [0.5, 0.6) is 0 Å². The van der Waals surface area contributed by atoms with Crippen LogP contribution in [0.15, 0.2) is 48.7 Å². The topological polar surface area (TPSA) is 70.6 Å². The molecule has 0 saturated carbocycles. The van der Waals surface area contributed by atoms with Gasteiger partial charge in [0.05, 0.1) is 13.2 Å². The number of anilines is 2. The van der Waals surface area contributed by atoms with Gasteiger partial charge in [-0.2, -0.15) is 4.98 Å². The van der Waals surface area contributed by atoms with Crippen molar-refractivity contribution in [3.05, 3.63) is 59.8 Å². The number of benzene rings is 1. The van der Waals surface area contributed by atoms with E-state index < -0.39 is 0 Å². The second kappa shape index (κ2) is 11.3. The maximum Gasteiger partial charge on any atom is 0.259 e. The van der Waals surface area contributed by atoms with Crippen LogP contribution < -0.4 is 10.2 Å². The van der Waals surface area contributed by atoms with Crippen LogP contribution >= 0.6 is 0 Å². The summed E-state index contributed by atoms with van der Waals surface area (Å²) in [6.07, 6.45) is 6.55. The summed E-state index contributed by atoms with van der Waals surface area (Å²) in [7, 11) is 0. The Morgan fingerprint density at radius 3 is 2.73 bits per heavy atom. The first-order valence-electron chi connectivity index (χ1n) is 10.6. The van der Waals surface area contributed by atoms with Gasteiger partial charge in [-0.15, -0.1) is 0 Å². The molecule has 1 N–H and O–H groups in total. The third-order valence-electron chi connectivity index (χ3n) is 4.91. The van der Waals surface area contributed by atoms with Gasteiger partial charge in [0.2, 0.25) is 5.95 Å². The third kappa shape index (κ3) is 5.79. The smallest absolute Gasteiger partial charge is 0.259 e. The van der Waals surface area contributed by atoms with Gasteiger partial charge < -0.3 is 19.9 Å². The highest BCUT2D eigenvalue weighted by Crippen LogP contribution is 2.20. The molecule has 160 valence electrons. The number of hydrogen-bond acceptors (Lipinski definition) is 6. The summed E-state index contributed by atoms with van der Waals surface area (Å²) in [6.45, 7) is 8.68. The minimum absolute atomic E-state index is 0.0796. The standard InChI is InChI=1S/C23H31N5O2/c1-3-5-12-28(18-19-9-7-6-8-10-19)22(29)20-17-25-23(26-21(20)24-11-4-2)27-13-15-30-16-14-27/h3,5-10,17H,4,11-16,18H2,1-2H3,(H,24,25,26)/b5-3+. The maximum absolute atomic E-state index is 13.5. The second-order valence-electron chi connectivity index (χ2n) is 7.20. The first-order valence-corrected chi connectivity index (χ1v) is 10.6. The SMILES string of the molecule is C/C=C/CN(Cc1ccccc1)C(=O)c1cnc(N2CCOCC2)nc1NCCC. The van der Waals surface area contributed by atoms with Crippen molar-refractivity contribution in [3.8, 4) is 0 Å². The number of nitrogens with zero attached hydrogens (tertiary/aromatic N) is 4. The van der Waals surface area contributed by atoms with Crippen LogP contribution in [0.1, 0.15) is 36.2 Å². The van der Waals surface area contributed by atoms with Gasteiger partial charge >= 0.3 is 0 Å². The van der Waals surface area contributed by atoms with E-state index in [0.717, 1.165) is 31.6 Å². The lowest BCUT2D eigenvalue weighted by molar-refractivity contribution is 0.0762. The molecule has 1 aromatic heterocycles. The minimum atomic E-state index is -0.0796. The number of allylic oxidation sites excluding steroid dienone is 1. The van der Waals surface area contributed by atoms with Gasteiger partial charge in [0.25, 0.3) is 5.91 Å². The van der Waals surface area contributed by atoms with Crippen LogP contribution in [0.3, 0.4) is 0 Å². The lowest BCUT2D eigenvalue weighted by Gasteiger charge is -2.28. The summed E-state index contributed by atoms with van der Waals surface area (Å²) in [5.74, 6) is 1.15. The number of carbonyl (C=O) groups is 1. The molecule has 0 aliphatic carbocycles. The fourth-order valence-corrected chi connectivity index (χ4v) is 3.25. The summed E-state index contributed by atoms with van der Waals surface area (Å²) >= 11 is 0. The van der Waals surface area contributed by atoms with Crippen LogP contribution in [0.2, 0.25) is 0 Å². The molecule has 7 heteroatoms. The van der Waals surface area contributed by atoms with Crippen molar-refractivity contribution in [1.82, 2.24) is 14.9 Å². The van der Waals surface area contributed by atoms with Crippen LogP contribution in [0.4, 0.5) is 11.8 Å². The van der Waals surface area contributed by atoms with Crippen molar-refractivity contribution in [3.63, 3.8) is 0 Å². The highest BCUT2D eigenvalue weighted by molar-refractivity contribution is 5.98. The predicted octanol–water partition coefficient (Wildman–Crippen LogP) is 3.35. The molecule has 1 aromatic carbocycles. The molecule has 2 heterocycles. The third-order valence-corrected chi connectivity index (χ3v) is 4.91. The Labute approximate surface area is 178 Å². The molecule has 0 atom stereocenters. The average molecular weight is 410 g/mol. The molecular weight excluding hydrogens is 378 g/mol. The van der Waals surface area contributed by atoms with Gasteiger partial charge in [-0.25, -0.2) is 4.98 Å². The Kier molecular flexibility index (Phi) is 8.20. The van der Waals surface area contributed by atoms with E-state index in [9.17, 15) is 4.79 Å². The predicted molar refractivity (Wildman–Crippen MR) is 120 cm³/mol. The van der Waals surface area contributed by atoms with E-state index in [-0.39, 0.29) is 5.91 Å². The summed E-state index contributed by atoms with van der Waals surface area (Å²) < 4.78 is 5.42. The van der Waals surface area contributed by atoms with Crippen LogP contribution in [0, 0.1) is 0 Å². The lowest BCUT2D eigenvalue weighted by atomic mass is 10.2. The molecule has 0 unspecified atom stereocenters. The van der Waals surface area contributed by atoms with Crippen molar-refractivity contribution in [2.45, 2.75) is 26.8 Å². The molecule has 1 saturated heterocycles. The average Bonchev–Trinajstić information content (AvgIpc) is 2.81. The quantitative estimate of drug-likeness (QED) is 0.641. The van der Waals surface area contributed by atoms with Gasteiger partial charge in [0.1, 0.15) is 11.4 Å². The number of rotatable bonds is 9. The second-order valence-corrected chi connectivity index (χ2v) is 7.20. The largest absolute Gasteiger partial charge is 0.378 e. The summed E-state index contributed by atoms with van der Waals surface area (Å²) in [5.41, 5.74) is 1.59. The highest BCUT2D eigenvalue weighted by Gasteiger charge is 2.22. The molecule has 7 nitrogen and oxygen atoms in total. The minimum Gasteiger partial charge on any atom is -0.378 e. The first kappa shape index (κ1) is 21.8. The molecule has 1 aliphatic heterocycles. The van der Waals surface area contributed by atoms with Crippen molar-refractivity contribution >= 4 is 17.7 Å². The number of nitrogens with one attached hydrogen (secondary N) is 1. The molecule has 0 radical (unpaired) electrons. The van der Waals surface area contributed by atoms with Crippen LogP contribution in [0.25, 0.3) is 0 Å². The van der Waals surface area contributed by atoms with Gasteiger partial charge in [-0.1, -0.05) is 49.4 Å². The molecule has 2 aromatic rings. The van der Waals surface area contributed by atoms with E-state index in [0.29, 0.717) is 43.6 Å². The summed E-state index contributed by atoms with van der Waals surface area (Å²) in [4.78, 5) is 26.6. The van der Waals surface area contributed by atoms with Crippen molar-refractivity contribution in [2.75, 3.05) is 49.6 Å². The maximum atomic E-state index is 13.5. The molecule has 0 spiro atoms. The van der Waals surface area contributed by atoms with Gasteiger partial charge in [-0.3, -0.25) is 4.79 Å². The molecule has 1 amide bonds. The monoisotopic (exact) mass is 409 g/mol. The Morgan fingerprint density at radius 2 is 2.03 bits per heavy atom. The van der Waals surface area contributed by atoms with Crippen molar-refractivity contribution in [2.24, 2.45) is 0 Å². The number of ether oxygens (including phenoxy) is 1. The van der Waals surface area contributed by atoms with E-state index in [4.69, 9.17) is 9.72 Å². The number of carbonyl (C=O) groups excluding carboxylic acids is 1. The number of aromatic nitrogens is 2. The van der Waals surface area contributed by atoms with E-state index >= 15 is 0 Å². The van der Waals surface area contributed by atoms with Crippen molar-refractivity contribution < 1.29 is 9.53 Å². The normalized spacial score (nSPS) is 14.1. The fourth-order valence-electron chi connectivity index (χ4n) is 3.25. The zero-order valence-corrected chi connectivity index (χ0v) is 17.9. The Morgan fingerprint density at radius 1 is 1.27 bits per heavy atom. The fraction of sp³-hybridized carbons (Fsp3) is 0.435. The number of amides is 1. The number of morpholine rings is 1. The zero-order valence-electron chi connectivity index (χ0n) is 17.9. The van der Waals surface area contributed by atoms with E-state index in [1.807, 2.05) is 54.3 Å². The highest BCUT2D eigenvalue weighted by atomic mass is 16.5. The summed E-state index contributed by atoms with van der Waals surface area (Å²) in [5, 5.41) is 3.32. The van der Waals surface area contributed by atoms with E-state index in [1.54, 1.807) is 6.20 Å². The van der Waals surface area contributed by atoms with Gasteiger partial charge in [-0.05, 0) is 18.9 Å².